The molecule has 0 amide bonds. The molecule has 0 aliphatic carbocycles. The summed E-state index contributed by atoms with van der Waals surface area (Å²) in [4.78, 5) is 0. The van der Waals surface area contributed by atoms with Crippen molar-refractivity contribution in [2.24, 2.45) is 0 Å². The fraction of sp³-hybridized carbons (Fsp3) is 0.231. The summed E-state index contributed by atoms with van der Waals surface area (Å²) in [6.45, 7) is 3.62. The largest absolute Gasteiger partial charge is 0.259 e. The van der Waals surface area contributed by atoms with Crippen LogP contribution in [0.4, 0.5) is 0 Å². The van der Waals surface area contributed by atoms with Crippen molar-refractivity contribution >= 4 is 10.8 Å². The number of allylic oxidation sites excluding steroid dienone is 2. The summed E-state index contributed by atoms with van der Waals surface area (Å²) in [7, 11) is -0.796. The fourth-order valence-corrected chi connectivity index (χ4v) is 2.22. The fourth-order valence-electron chi connectivity index (χ4n) is 1.19. The molecule has 1 nitrogen and oxygen atoms in total. The van der Waals surface area contributed by atoms with Gasteiger partial charge in [-0.25, -0.2) is 0 Å². The van der Waals surface area contributed by atoms with Crippen molar-refractivity contribution in [1.29, 1.82) is 0 Å². The summed E-state index contributed by atoms with van der Waals surface area (Å²) in [5, 5.41) is 0. The molecule has 2 heteroatoms. The summed E-state index contributed by atoms with van der Waals surface area (Å²) in [5.41, 5.74) is 1.13. The molecule has 1 unspecified atom stereocenters. The van der Waals surface area contributed by atoms with Gasteiger partial charge in [0, 0.05) is 22.3 Å². The summed E-state index contributed by atoms with van der Waals surface area (Å²) in [5.74, 6) is 1.27. The molecule has 1 rings (SSSR count). The molecule has 0 fully saturated rings. The van der Waals surface area contributed by atoms with Crippen LogP contribution in [0.1, 0.15) is 12.0 Å². The molecular weight excluding hydrogens is 204 g/mol. The molecule has 1 aromatic rings. The van der Waals surface area contributed by atoms with Gasteiger partial charge in [0.2, 0.25) is 0 Å². The van der Waals surface area contributed by atoms with Crippen LogP contribution in [-0.4, -0.2) is 9.96 Å². The molecule has 0 heterocycles. The molecule has 0 N–H and O–H groups in total. The molecule has 0 aromatic heterocycles. The molecule has 0 bridgehead atoms. The SMILES string of the molecule is C=CCC=CCS(=O)Cc1ccccc1. The second kappa shape index (κ2) is 7.18. The minimum absolute atomic E-state index is 0.628. The van der Waals surface area contributed by atoms with Crippen LogP contribution in [-0.2, 0) is 16.6 Å². The highest BCUT2D eigenvalue weighted by molar-refractivity contribution is 7.84. The molecule has 15 heavy (non-hydrogen) atoms. The summed E-state index contributed by atoms with van der Waals surface area (Å²) < 4.78 is 11.6. The smallest absolute Gasteiger partial charge is 0.0488 e. The lowest BCUT2D eigenvalue weighted by Gasteiger charge is -1.98. The zero-order chi connectivity index (χ0) is 10.9. The second-order valence-electron chi connectivity index (χ2n) is 3.23. The minimum atomic E-state index is -0.796. The number of hydrogen-bond acceptors (Lipinski definition) is 1. The van der Waals surface area contributed by atoms with Crippen molar-refractivity contribution in [2.45, 2.75) is 12.2 Å². The van der Waals surface area contributed by atoms with E-state index in [1.54, 1.807) is 0 Å². The van der Waals surface area contributed by atoms with Crippen molar-refractivity contribution in [3.8, 4) is 0 Å². The van der Waals surface area contributed by atoms with E-state index in [4.69, 9.17) is 0 Å². The number of rotatable bonds is 6. The first-order valence-corrected chi connectivity index (χ1v) is 6.46. The van der Waals surface area contributed by atoms with Gasteiger partial charge in [-0.1, -0.05) is 48.6 Å². The van der Waals surface area contributed by atoms with Crippen LogP contribution in [0, 0.1) is 0 Å². The lowest BCUT2D eigenvalue weighted by atomic mass is 10.2. The molecule has 0 aliphatic heterocycles. The Bertz CT molecular complexity index is 341. The van der Waals surface area contributed by atoms with Crippen LogP contribution in [0.5, 0.6) is 0 Å². The van der Waals surface area contributed by atoms with Crippen LogP contribution in [0.2, 0.25) is 0 Å². The van der Waals surface area contributed by atoms with E-state index in [9.17, 15) is 4.21 Å². The maximum Gasteiger partial charge on any atom is 0.0488 e. The quantitative estimate of drug-likeness (QED) is 0.673. The first-order chi connectivity index (χ1) is 7.33. The van der Waals surface area contributed by atoms with Crippen LogP contribution in [0.15, 0.2) is 55.1 Å². The van der Waals surface area contributed by atoms with Crippen molar-refractivity contribution in [3.63, 3.8) is 0 Å². The lowest BCUT2D eigenvalue weighted by molar-refractivity contribution is 0.684. The number of benzene rings is 1. The molecule has 0 saturated heterocycles. The van der Waals surface area contributed by atoms with Crippen molar-refractivity contribution in [1.82, 2.24) is 0 Å². The average molecular weight is 220 g/mol. The van der Waals surface area contributed by atoms with Gasteiger partial charge in [-0.15, -0.1) is 6.58 Å². The van der Waals surface area contributed by atoms with Gasteiger partial charge in [0.25, 0.3) is 0 Å². The van der Waals surface area contributed by atoms with E-state index in [0.717, 1.165) is 12.0 Å². The standard InChI is InChI=1S/C13H16OS/c1-2-3-4-8-11-15(14)12-13-9-6-5-7-10-13/h2,4-10H,1,3,11-12H2. The zero-order valence-electron chi connectivity index (χ0n) is 8.76. The van der Waals surface area contributed by atoms with Gasteiger partial charge in [-0.3, -0.25) is 4.21 Å². The van der Waals surface area contributed by atoms with Crippen molar-refractivity contribution < 1.29 is 4.21 Å². The Balaban J connectivity index is 2.33. The Morgan fingerprint density at radius 3 is 2.60 bits per heavy atom. The molecule has 0 spiro atoms. The summed E-state index contributed by atoms with van der Waals surface area (Å²) >= 11 is 0. The Labute approximate surface area is 94.0 Å². The average Bonchev–Trinajstić information content (AvgIpc) is 2.26. The topological polar surface area (TPSA) is 17.1 Å². The van der Waals surface area contributed by atoms with Crippen LogP contribution in [0.25, 0.3) is 0 Å². The van der Waals surface area contributed by atoms with E-state index in [1.165, 1.54) is 0 Å². The van der Waals surface area contributed by atoms with E-state index in [2.05, 4.69) is 6.58 Å². The van der Waals surface area contributed by atoms with Gasteiger partial charge < -0.3 is 0 Å². The van der Waals surface area contributed by atoms with E-state index < -0.39 is 10.8 Å². The maximum absolute atomic E-state index is 11.6. The maximum atomic E-state index is 11.6. The third kappa shape index (κ3) is 5.33. The van der Waals surface area contributed by atoms with Gasteiger partial charge in [-0.05, 0) is 12.0 Å². The highest BCUT2D eigenvalue weighted by atomic mass is 32.2. The molecule has 1 aromatic carbocycles. The minimum Gasteiger partial charge on any atom is -0.259 e. The van der Waals surface area contributed by atoms with Gasteiger partial charge in [0.05, 0.1) is 0 Å². The van der Waals surface area contributed by atoms with Crippen molar-refractivity contribution in [3.05, 3.63) is 60.7 Å². The third-order valence-electron chi connectivity index (χ3n) is 1.92. The first kappa shape index (κ1) is 11.9. The highest BCUT2D eigenvalue weighted by Crippen LogP contribution is 2.03. The monoisotopic (exact) mass is 220 g/mol. The van der Waals surface area contributed by atoms with Gasteiger partial charge in [0.1, 0.15) is 0 Å². The third-order valence-corrected chi connectivity index (χ3v) is 3.14. The predicted octanol–water partition coefficient (Wildman–Crippen LogP) is 3.07. The van der Waals surface area contributed by atoms with Crippen molar-refractivity contribution in [2.75, 3.05) is 5.75 Å². The van der Waals surface area contributed by atoms with E-state index in [-0.39, 0.29) is 0 Å². The Morgan fingerprint density at radius 1 is 1.20 bits per heavy atom. The van der Waals surface area contributed by atoms with Crippen LogP contribution in [0.3, 0.4) is 0 Å². The number of hydrogen-bond donors (Lipinski definition) is 0. The Morgan fingerprint density at radius 2 is 1.93 bits per heavy atom. The molecule has 80 valence electrons. The highest BCUT2D eigenvalue weighted by Gasteiger charge is 1.97. The molecule has 0 aliphatic rings. The first-order valence-electron chi connectivity index (χ1n) is 4.97. The normalized spacial score (nSPS) is 12.8. The molecule has 0 radical (unpaired) electrons. The second-order valence-corrected chi connectivity index (χ2v) is 4.73. The van der Waals surface area contributed by atoms with Gasteiger partial charge in [0.15, 0.2) is 0 Å². The van der Waals surface area contributed by atoms with Crippen LogP contribution < -0.4 is 0 Å². The molecule has 0 saturated carbocycles. The summed E-state index contributed by atoms with van der Waals surface area (Å²) in [6.07, 6.45) is 6.63. The Kier molecular flexibility index (Phi) is 5.71. The predicted molar refractivity (Wildman–Crippen MR) is 67.1 cm³/mol. The van der Waals surface area contributed by atoms with Crippen LogP contribution >= 0.6 is 0 Å². The van der Waals surface area contributed by atoms with Gasteiger partial charge in [-0.2, -0.15) is 0 Å². The van der Waals surface area contributed by atoms with E-state index in [0.29, 0.717) is 11.5 Å². The summed E-state index contributed by atoms with van der Waals surface area (Å²) in [6, 6.07) is 9.92. The lowest BCUT2D eigenvalue weighted by Crippen LogP contribution is -1.98. The zero-order valence-corrected chi connectivity index (χ0v) is 9.58. The van der Waals surface area contributed by atoms with E-state index >= 15 is 0 Å². The van der Waals surface area contributed by atoms with E-state index in [1.807, 2.05) is 48.6 Å². The molecule has 1 atom stereocenters. The molecular formula is C13H16OS. The Hall–Kier alpha value is -1.15. The van der Waals surface area contributed by atoms with Gasteiger partial charge >= 0.3 is 0 Å².